The van der Waals surface area contributed by atoms with E-state index < -0.39 is 30.1 Å². The number of hydrogen-bond acceptors (Lipinski definition) is 6. The Bertz CT molecular complexity index is 835. The molecule has 0 aromatic heterocycles. The monoisotopic (exact) mass is 414 g/mol. The minimum Gasteiger partial charge on any atom is -0.508 e. The third-order valence-corrected chi connectivity index (χ3v) is 4.48. The fraction of sp³-hybridized carbons (Fsp3) is 0.278. The summed E-state index contributed by atoms with van der Waals surface area (Å²) >= 11 is 0. The summed E-state index contributed by atoms with van der Waals surface area (Å²) in [6.45, 7) is 0.148. The number of rotatable bonds is 4. The van der Waals surface area contributed by atoms with Gasteiger partial charge in [0.2, 0.25) is 0 Å². The molecule has 1 aliphatic carbocycles. The molecule has 27 heavy (non-hydrogen) atoms. The number of aliphatic imine (C=N–C) groups is 1. The topological polar surface area (TPSA) is 131 Å². The van der Waals surface area contributed by atoms with Crippen LogP contribution in [0.2, 0.25) is 0 Å². The van der Waals surface area contributed by atoms with Crippen molar-refractivity contribution < 1.29 is 47.1 Å². The third-order valence-electron chi connectivity index (χ3n) is 4.48. The van der Waals surface area contributed by atoms with Gasteiger partial charge in [-0.15, -0.1) is 0 Å². The van der Waals surface area contributed by atoms with Gasteiger partial charge in [-0.05, 0) is 17.7 Å². The molecule has 3 rings (SSSR count). The van der Waals surface area contributed by atoms with Gasteiger partial charge < -0.3 is 20.4 Å². The first-order valence-electron chi connectivity index (χ1n) is 8.01. The molecule has 9 heteroatoms. The van der Waals surface area contributed by atoms with E-state index in [-0.39, 0.29) is 47.0 Å². The summed E-state index contributed by atoms with van der Waals surface area (Å²) in [6.07, 6.45) is 3.42. The minimum absolute atomic E-state index is 0. The molecule has 0 radical (unpaired) electrons. The number of phenolic OH excluding ortho intramolecular Hbond substituents is 1. The number of phenols is 1. The Morgan fingerprint density at radius 2 is 1.93 bits per heavy atom. The molecule has 0 amide bonds. The van der Waals surface area contributed by atoms with E-state index in [1.54, 1.807) is 24.3 Å². The van der Waals surface area contributed by atoms with Crippen LogP contribution in [0.4, 0.5) is 0 Å². The van der Waals surface area contributed by atoms with Crippen LogP contribution in [-0.2, 0) is 26.7 Å². The van der Waals surface area contributed by atoms with Crippen molar-refractivity contribution >= 4 is 17.7 Å². The second kappa shape index (κ2) is 8.49. The molecule has 3 unspecified atom stereocenters. The van der Waals surface area contributed by atoms with E-state index in [0.29, 0.717) is 5.71 Å². The standard InChI is InChI=1S/C18H18N2O6.Fe/c21-13-7-2-1-4-10(13)14(17(23)24)20-9-8-19-12-6-3-5-11(16(12)22)15(20)18(25)26;/h1-7,14-16,21-22H,8-9H2,(H,23,24)(H,25,26);. The summed E-state index contributed by atoms with van der Waals surface area (Å²) in [5, 5.41) is 40.1. The molecule has 1 aromatic carbocycles. The maximum atomic E-state index is 12.0. The molecule has 0 saturated heterocycles. The number of nitrogens with zero attached hydrogens (tertiary/aromatic N) is 2. The molecule has 2 bridgehead atoms. The number of para-hydroxylation sites is 1. The number of hydrogen-bond donors (Lipinski definition) is 4. The van der Waals surface area contributed by atoms with Gasteiger partial charge >= 0.3 is 11.9 Å². The van der Waals surface area contributed by atoms with Gasteiger partial charge in [0.05, 0.1) is 12.3 Å². The molecule has 3 atom stereocenters. The first kappa shape index (κ1) is 20.9. The van der Waals surface area contributed by atoms with Crippen molar-refractivity contribution in [3.63, 3.8) is 0 Å². The molecule has 1 aromatic rings. The minimum atomic E-state index is -1.41. The number of aliphatic carboxylic acids is 2. The van der Waals surface area contributed by atoms with Crippen LogP contribution in [0.3, 0.4) is 0 Å². The summed E-state index contributed by atoms with van der Waals surface area (Å²) in [6, 6.07) is 3.12. The summed E-state index contributed by atoms with van der Waals surface area (Å²) < 4.78 is 0. The Balaban J connectivity index is 0.00000261. The number of allylic oxidation sites excluding steroid dienone is 2. The van der Waals surface area contributed by atoms with Gasteiger partial charge in [-0.3, -0.25) is 19.5 Å². The van der Waals surface area contributed by atoms with Gasteiger partial charge in [0.15, 0.2) is 0 Å². The van der Waals surface area contributed by atoms with Gasteiger partial charge in [-0.2, -0.15) is 0 Å². The van der Waals surface area contributed by atoms with Crippen LogP contribution >= 0.6 is 0 Å². The molecule has 0 fully saturated rings. The van der Waals surface area contributed by atoms with Gasteiger partial charge in [-0.25, -0.2) is 0 Å². The van der Waals surface area contributed by atoms with Crippen molar-refractivity contribution in [2.75, 3.05) is 13.1 Å². The molecule has 0 saturated carbocycles. The zero-order valence-corrected chi connectivity index (χ0v) is 15.1. The van der Waals surface area contributed by atoms with Crippen LogP contribution in [-0.4, -0.2) is 68.2 Å². The van der Waals surface area contributed by atoms with E-state index in [2.05, 4.69) is 4.99 Å². The number of carboxylic acids is 2. The van der Waals surface area contributed by atoms with Crippen LogP contribution < -0.4 is 0 Å². The fourth-order valence-electron chi connectivity index (χ4n) is 3.34. The number of aliphatic hydroxyl groups excluding tert-OH is 1. The third kappa shape index (κ3) is 3.96. The molecule has 0 spiro atoms. The Labute approximate surface area is 165 Å². The summed E-state index contributed by atoms with van der Waals surface area (Å²) in [7, 11) is 0. The number of aliphatic hydroxyl groups is 1. The number of benzene rings is 1. The molecular weight excluding hydrogens is 396 g/mol. The van der Waals surface area contributed by atoms with Crippen LogP contribution in [0.5, 0.6) is 5.75 Å². The molecular formula is C18H18FeN2O6. The maximum Gasteiger partial charge on any atom is 0.325 e. The largest absolute Gasteiger partial charge is 0.508 e. The second-order valence-electron chi connectivity index (χ2n) is 6.01. The Hall–Kier alpha value is -2.45. The number of fused-ring (bicyclic) bond motifs is 2. The molecule has 1 heterocycles. The zero-order chi connectivity index (χ0) is 18.8. The maximum absolute atomic E-state index is 12.0. The summed E-state index contributed by atoms with van der Waals surface area (Å²) in [5.74, 6) is -2.83. The normalized spacial score (nSPS) is 23.1. The SMILES string of the molecule is O=C(O)C1C2=CC=CC(=NCCN1C(C(=O)O)c1ccccc1O)C2O.[Fe]. The van der Waals surface area contributed by atoms with E-state index in [4.69, 9.17) is 0 Å². The Kier molecular flexibility index (Phi) is 6.56. The van der Waals surface area contributed by atoms with E-state index in [1.807, 2.05) is 0 Å². The Morgan fingerprint density at radius 1 is 1.22 bits per heavy atom. The average molecular weight is 414 g/mol. The number of aromatic hydroxyl groups is 1. The molecule has 1 aliphatic heterocycles. The van der Waals surface area contributed by atoms with Crippen molar-refractivity contribution in [2.24, 2.45) is 4.99 Å². The molecule has 8 nitrogen and oxygen atoms in total. The van der Waals surface area contributed by atoms with Crippen LogP contribution in [0.1, 0.15) is 11.6 Å². The Morgan fingerprint density at radius 3 is 2.56 bits per heavy atom. The predicted molar refractivity (Wildman–Crippen MR) is 92.1 cm³/mol. The van der Waals surface area contributed by atoms with Gasteiger partial charge in [-0.1, -0.05) is 30.4 Å². The van der Waals surface area contributed by atoms with Crippen molar-refractivity contribution in [1.82, 2.24) is 4.90 Å². The average Bonchev–Trinajstić information content (AvgIpc) is 2.59. The number of carboxylic acid groups (broad SMARTS) is 2. The van der Waals surface area contributed by atoms with Gasteiger partial charge in [0.1, 0.15) is 23.9 Å². The predicted octanol–water partition coefficient (Wildman–Crippen LogP) is 0.582. The van der Waals surface area contributed by atoms with Crippen LogP contribution in [0, 0.1) is 0 Å². The van der Waals surface area contributed by atoms with E-state index in [9.17, 15) is 30.0 Å². The van der Waals surface area contributed by atoms with Gasteiger partial charge in [0, 0.05) is 29.2 Å². The van der Waals surface area contributed by atoms with Crippen molar-refractivity contribution in [3.8, 4) is 5.75 Å². The van der Waals surface area contributed by atoms with Crippen molar-refractivity contribution in [2.45, 2.75) is 18.2 Å². The fourth-order valence-corrected chi connectivity index (χ4v) is 3.34. The van der Waals surface area contributed by atoms with Crippen LogP contribution in [0.15, 0.2) is 53.1 Å². The summed E-state index contributed by atoms with van der Waals surface area (Å²) in [5.41, 5.74) is 0.570. The van der Waals surface area contributed by atoms with E-state index in [0.717, 1.165) is 0 Å². The molecule has 4 N–H and O–H groups in total. The van der Waals surface area contributed by atoms with Crippen LogP contribution in [0.25, 0.3) is 0 Å². The zero-order valence-electron chi connectivity index (χ0n) is 14.0. The summed E-state index contributed by atoms with van der Waals surface area (Å²) in [4.78, 5) is 29.5. The molecule has 2 aliphatic rings. The van der Waals surface area contributed by atoms with Crippen molar-refractivity contribution in [3.05, 3.63) is 53.6 Å². The van der Waals surface area contributed by atoms with E-state index >= 15 is 0 Å². The molecule has 144 valence electrons. The smallest absolute Gasteiger partial charge is 0.325 e. The first-order chi connectivity index (χ1) is 12.4. The second-order valence-corrected chi connectivity index (χ2v) is 6.01. The first-order valence-corrected chi connectivity index (χ1v) is 8.01. The quantitative estimate of drug-likeness (QED) is 0.531. The van der Waals surface area contributed by atoms with Gasteiger partial charge in [0.25, 0.3) is 0 Å². The van der Waals surface area contributed by atoms with Crippen molar-refractivity contribution in [1.29, 1.82) is 0 Å². The van der Waals surface area contributed by atoms with E-state index in [1.165, 1.54) is 23.1 Å². The number of carbonyl (C=O) groups is 2.